The van der Waals surface area contributed by atoms with E-state index < -0.39 is 0 Å². The molecule has 20 heavy (non-hydrogen) atoms. The summed E-state index contributed by atoms with van der Waals surface area (Å²) in [5, 5.41) is 9.39. The van der Waals surface area contributed by atoms with E-state index in [0.717, 1.165) is 11.1 Å². The molecular weight excluding hydrogens is 252 g/mol. The van der Waals surface area contributed by atoms with E-state index in [9.17, 15) is 5.26 Å². The third-order valence-electron chi connectivity index (χ3n) is 3.13. The van der Waals surface area contributed by atoms with Crippen molar-refractivity contribution in [1.29, 1.82) is 5.26 Å². The molecule has 1 aromatic carbocycles. The molecule has 1 aromatic heterocycles. The molecular formula is C16H16N2O2. The molecule has 1 atom stereocenters. The molecule has 0 amide bonds. The van der Waals surface area contributed by atoms with Crippen LogP contribution in [0.15, 0.2) is 42.7 Å². The van der Waals surface area contributed by atoms with Crippen LogP contribution < -0.4 is 9.47 Å². The minimum atomic E-state index is -0.237. The number of hydrogen-bond acceptors (Lipinski definition) is 4. The highest BCUT2D eigenvalue weighted by atomic mass is 16.5. The van der Waals surface area contributed by atoms with Crippen LogP contribution in [0.5, 0.6) is 11.5 Å². The highest BCUT2D eigenvalue weighted by Crippen LogP contribution is 2.31. The molecule has 0 bridgehead atoms. The summed E-state index contributed by atoms with van der Waals surface area (Å²) in [4.78, 5) is 4.07. The molecule has 0 saturated heterocycles. The molecule has 0 saturated carbocycles. The van der Waals surface area contributed by atoms with Gasteiger partial charge in [0.15, 0.2) is 11.5 Å². The quantitative estimate of drug-likeness (QED) is 0.836. The number of methoxy groups -OCH3 is 2. The van der Waals surface area contributed by atoms with Crippen LogP contribution in [0, 0.1) is 11.3 Å². The molecule has 0 fully saturated rings. The smallest absolute Gasteiger partial charge is 0.161 e. The highest BCUT2D eigenvalue weighted by Gasteiger charge is 2.14. The Morgan fingerprint density at radius 2 is 2.00 bits per heavy atom. The first-order chi connectivity index (χ1) is 9.78. The van der Waals surface area contributed by atoms with Crippen molar-refractivity contribution in [3.05, 3.63) is 53.9 Å². The van der Waals surface area contributed by atoms with Gasteiger partial charge in [0.05, 0.1) is 26.2 Å². The number of pyridine rings is 1. The average Bonchev–Trinajstić information content (AvgIpc) is 2.53. The SMILES string of the molecule is COc1ccc(C(C#N)Cc2cccnc2)cc1OC. The first-order valence-corrected chi connectivity index (χ1v) is 6.29. The van der Waals surface area contributed by atoms with Crippen LogP contribution in [0.1, 0.15) is 17.0 Å². The number of hydrogen-bond donors (Lipinski definition) is 0. The molecule has 4 nitrogen and oxygen atoms in total. The maximum Gasteiger partial charge on any atom is 0.161 e. The van der Waals surface area contributed by atoms with Gasteiger partial charge in [-0.2, -0.15) is 5.26 Å². The van der Waals surface area contributed by atoms with Crippen LogP contribution in [0.4, 0.5) is 0 Å². The second-order valence-electron chi connectivity index (χ2n) is 4.36. The Morgan fingerprint density at radius 3 is 2.60 bits per heavy atom. The molecule has 102 valence electrons. The summed E-state index contributed by atoms with van der Waals surface area (Å²) in [6.07, 6.45) is 4.13. The van der Waals surface area contributed by atoms with E-state index in [1.54, 1.807) is 26.6 Å². The Hall–Kier alpha value is -2.54. The van der Waals surface area contributed by atoms with Crippen molar-refractivity contribution >= 4 is 0 Å². The normalized spacial score (nSPS) is 11.4. The molecule has 4 heteroatoms. The summed E-state index contributed by atoms with van der Waals surface area (Å²) in [5.74, 6) is 1.06. The Labute approximate surface area is 118 Å². The van der Waals surface area contributed by atoms with Crippen LogP contribution in [-0.2, 0) is 6.42 Å². The predicted octanol–water partition coefficient (Wildman–Crippen LogP) is 2.95. The van der Waals surface area contributed by atoms with Crippen molar-refractivity contribution in [1.82, 2.24) is 4.98 Å². The van der Waals surface area contributed by atoms with Gasteiger partial charge in [-0.1, -0.05) is 12.1 Å². The van der Waals surface area contributed by atoms with Crippen LogP contribution in [0.3, 0.4) is 0 Å². The Bertz CT molecular complexity index is 606. The minimum absolute atomic E-state index is 0.237. The van der Waals surface area contributed by atoms with Crippen LogP contribution in [0.2, 0.25) is 0 Å². The van der Waals surface area contributed by atoms with Crippen molar-refractivity contribution in [2.24, 2.45) is 0 Å². The lowest BCUT2D eigenvalue weighted by atomic mass is 9.93. The van der Waals surface area contributed by atoms with Gasteiger partial charge in [-0.15, -0.1) is 0 Å². The summed E-state index contributed by atoms with van der Waals surface area (Å²) >= 11 is 0. The van der Waals surface area contributed by atoms with E-state index >= 15 is 0 Å². The Morgan fingerprint density at radius 1 is 1.20 bits per heavy atom. The zero-order valence-electron chi connectivity index (χ0n) is 11.5. The van der Waals surface area contributed by atoms with Crippen molar-refractivity contribution in [2.45, 2.75) is 12.3 Å². The molecule has 1 heterocycles. The zero-order chi connectivity index (χ0) is 14.4. The lowest BCUT2D eigenvalue weighted by Crippen LogP contribution is -2.02. The van der Waals surface area contributed by atoms with Gasteiger partial charge in [0, 0.05) is 12.4 Å². The standard InChI is InChI=1S/C16H16N2O2/c1-19-15-6-5-13(9-16(15)20-2)14(10-17)8-12-4-3-7-18-11-12/h3-7,9,11,14H,8H2,1-2H3. The Kier molecular flexibility index (Phi) is 4.56. The second kappa shape index (κ2) is 6.58. The minimum Gasteiger partial charge on any atom is -0.493 e. The van der Waals surface area contributed by atoms with Gasteiger partial charge in [-0.25, -0.2) is 0 Å². The largest absolute Gasteiger partial charge is 0.493 e. The van der Waals surface area contributed by atoms with E-state index in [1.807, 2.05) is 30.3 Å². The fraction of sp³-hybridized carbons (Fsp3) is 0.250. The van der Waals surface area contributed by atoms with Gasteiger partial charge >= 0.3 is 0 Å². The molecule has 0 spiro atoms. The van der Waals surface area contributed by atoms with Crippen LogP contribution in [-0.4, -0.2) is 19.2 Å². The first-order valence-electron chi connectivity index (χ1n) is 6.29. The monoisotopic (exact) mass is 268 g/mol. The van der Waals surface area contributed by atoms with Crippen molar-refractivity contribution in [2.75, 3.05) is 14.2 Å². The number of nitrogens with zero attached hydrogens (tertiary/aromatic N) is 2. The molecule has 2 aromatic rings. The summed E-state index contributed by atoms with van der Waals surface area (Å²) in [6, 6.07) is 11.7. The maximum atomic E-state index is 9.39. The summed E-state index contributed by atoms with van der Waals surface area (Å²) in [7, 11) is 3.18. The van der Waals surface area contributed by atoms with Crippen LogP contribution >= 0.6 is 0 Å². The lowest BCUT2D eigenvalue weighted by Gasteiger charge is -2.13. The summed E-state index contributed by atoms with van der Waals surface area (Å²) < 4.78 is 10.5. The lowest BCUT2D eigenvalue weighted by molar-refractivity contribution is 0.354. The maximum absolute atomic E-state index is 9.39. The summed E-state index contributed by atoms with van der Waals surface area (Å²) in [5.41, 5.74) is 1.95. The number of rotatable bonds is 5. The van der Waals surface area contributed by atoms with Crippen LogP contribution in [0.25, 0.3) is 0 Å². The molecule has 0 aliphatic carbocycles. The van der Waals surface area contributed by atoms with E-state index in [1.165, 1.54) is 0 Å². The first kappa shape index (κ1) is 13.9. The van der Waals surface area contributed by atoms with Gasteiger partial charge in [0.25, 0.3) is 0 Å². The zero-order valence-corrected chi connectivity index (χ0v) is 11.5. The van der Waals surface area contributed by atoms with E-state index in [-0.39, 0.29) is 5.92 Å². The Balaban J connectivity index is 2.26. The van der Waals surface area contributed by atoms with E-state index in [4.69, 9.17) is 9.47 Å². The highest BCUT2D eigenvalue weighted by molar-refractivity contribution is 5.45. The fourth-order valence-electron chi connectivity index (χ4n) is 2.06. The van der Waals surface area contributed by atoms with Gasteiger partial charge in [0.1, 0.15) is 0 Å². The molecule has 2 rings (SSSR count). The van der Waals surface area contributed by atoms with Crippen molar-refractivity contribution in [3.63, 3.8) is 0 Å². The topological polar surface area (TPSA) is 55.1 Å². The summed E-state index contributed by atoms with van der Waals surface area (Å²) in [6.45, 7) is 0. The van der Waals surface area contributed by atoms with E-state index in [2.05, 4.69) is 11.1 Å². The third kappa shape index (κ3) is 3.07. The molecule has 0 radical (unpaired) electrons. The number of aromatic nitrogens is 1. The number of ether oxygens (including phenoxy) is 2. The van der Waals surface area contributed by atoms with Gasteiger partial charge < -0.3 is 9.47 Å². The molecule has 0 aliphatic heterocycles. The predicted molar refractivity (Wildman–Crippen MR) is 75.8 cm³/mol. The average molecular weight is 268 g/mol. The van der Waals surface area contributed by atoms with E-state index in [0.29, 0.717) is 17.9 Å². The van der Waals surface area contributed by atoms with Gasteiger partial charge in [-0.05, 0) is 35.7 Å². The van der Waals surface area contributed by atoms with Gasteiger partial charge in [0.2, 0.25) is 0 Å². The number of nitriles is 1. The molecule has 0 aliphatic rings. The molecule has 1 unspecified atom stereocenters. The third-order valence-corrected chi connectivity index (χ3v) is 3.13. The molecule has 0 N–H and O–H groups in total. The second-order valence-corrected chi connectivity index (χ2v) is 4.36. The van der Waals surface area contributed by atoms with Crippen molar-refractivity contribution in [3.8, 4) is 17.6 Å². The fourth-order valence-corrected chi connectivity index (χ4v) is 2.06. The van der Waals surface area contributed by atoms with Crippen molar-refractivity contribution < 1.29 is 9.47 Å². The number of benzene rings is 1. The van der Waals surface area contributed by atoms with Gasteiger partial charge in [-0.3, -0.25) is 4.98 Å².